The third kappa shape index (κ3) is 2.51. The van der Waals surface area contributed by atoms with Crippen molar-refractivity contribution in [3.05, 3.63) is 12.0 Å². The van der Waals surface area contributed by atoms with Crippen molar-refractivity contribution >= 4 is 10.0 Å². The molecule has 1 heterocycles. The van der Waals surface area contributed by atoms with Crippen molar-refractivity contribution < 1.29 is 13.3 Å². The molecule has 1 aromatic heterocycles. The molecule has 0 aliphatic rings. The summed E-state index contributed by atoms with van der Waals surface area (Å²) in [5.41, 5.74) is 0. The quantitative estimate of drug-likeness (QED) is 0.675. The van der Waals surface area contributed by atoms with Gasteiger partial charge in [0.25, 0.3) is 10.0 Å². The number of H-pyrrole nitrogens is 1. The van der Waals surface area contributed by atoms with Gasteiger partial charge in [-0.1, -0.05) is 4.89 Å². The van der Waals surface area contributed by atoms with Crippen LogP contribution in [0.5, 0.6) is 0 Å². The second kappa shape index (κ2) is 3.86. The summed E-state index contributed by atoms with van der Waals surface area (Å²) >= 11 is 0. The molecule has 1 rings (SSSR count). The van der Waals surface area contributed by atoms with Gasteiger partial charge in [-0.25, -0.2) is 13.4 Å². The van der Waals surface area contributed by atoms with E-state index in [-0.39, 0.29) is 11.6 Å². The van der Waals surface area contributed by atoms with Crippen LogP contribution in [0.4, 0.5) is 0 Å². The highest BCUT2D eigenvalue weighted by molar-refractivity contribution is 7.89. The highest BCUT2D eigenvalue weighted by Gasteiger charge is 2.15. The Bertz CT molecular complexity index is 370. The van der Waals surface area contributed by atoms with Gasteiger partial charge in [-0.15, -0.1) is 0 Å². The largest absolute Gasteiger partial charge is 0.332 e. The average molecular weight is 205 g/mol. The molecule has 0 unspecified atom stereocenters. The standard InChI is InChI=1S/C6H11N3O3S/c1-3-12-9-13(10,11)6-4-7-5(2)8-6/h4,9H,3H2,1-2H3,(H,7,8). The van der Waals surface area contributed by atoms with Crippen molar-refractivity contribution in [2.24, 2.45) is 0 Å². The summed E-state index contributed by atoms with van der Waals surface area (Å²) in [5, 5.41) is -0.00144. The van der Waals surface area contributed by atoms with Gasteiger partial charge >= 0.3 is 0 Å². The molecule has 0 bridgehead atoms. The van der Waals surface area contributed by atoms with E-state index in [9.17, 15) is 8.42 Å². The molecule has 0 radical (unpaired) electrons. The molecule has 0 saturated heterocycles. The topological polar surface area (TPSA) is 84.1 Å². The third-order valence-corrected chi connectivity index (χ3v) is 2.41. The van der Waals surface area contributed by atoms with Crippen molar-refractivity contribution in [3.8, 4) is 0 Å². The lowest BCUT2D eigenvalue weighted by Gasteiger charge is -2.01. The lowest BCUT2D eigenvalue weighted by molar-refractivity contribution is 0.105. The van der Waals surface area contributed by atoms with Crippen LogP contribution in [-0.2, 0) is 14.9 Å². The Balaban J connectivity index is 2.82. The zero-order valence-corrected chi connectivity index (χ0v) is 8.18. The lowest BCUT2D eigenvalue weighted by atomic mass is 10.8. The molecule has 7 heteroatoms. The molecule has 0 fully saturated rings. The highest BCUT2D eigenvalue weighted by Crippen LogP contribution is 2.03. The summed E-state index contributed by atoms with van der Waals surface area (Å²) in [7, 11) is -3.59. The van der Waals surface area contributed by atoms with Crippen LogP contribution in [-0.4, -0.2) is 25.0 Å². The SMILES string of the molecule is CCONS(=O)(=O)c1cnc(C)[nH]1. The maximum Gasteiger partial charge on any atom is 0.279 e. The number of aryl methyl sites for hydroxylation is 1. The zero-order chi connectivity index (χ0) is 9.90. The second-order valence-electron chi connectivity index (χ2n) is 2.35. The van der Waals surface area contributed by atoms with Gasteiger partial charge in [0.1, 0.15) is 5.82 Å². The maximum absolute atomic E-state index is 11.3. The van der Waals surface area contributed by atoms with Crippen LogP contribution in [0.1, 0.15) is 12.7 Å². The van der Waals surface area contributed by atoms with Gasteiger partial charge in [0.05, 0.1) is 12.8 Å². The molecule has 1 aromatic rings. The molecule has 2 N–H and O–H groups in total. The second-order valence-corrected chi connectivity index (χ2v) is 3.97. The van der Waals surface area contributed by atoms with Crippen molar-refractivity contribution in [1.29, 1.82) is 0 Å². The number of sulfonamides is 1. The first-order valence-electron chi connectivity index (χ1n) is 3.71. The van der Waals surface area contributed by atoms with E-state index >= 15 is 0 Å². The number of nitrogens with one attached hydrogen (secondary N) is 2. The fourth-order valence-electron chi connectivity index (χ4n) is 0.716. The zero-order valence-electron chi connectivity index (χ0n) is 7.36. The molecule has 74 valence electrons. The molecule has 0 aliphatic heterocycles. The maximum atomic E-state index is 11.3. The number of aromatic amines is 1. The van der Waals surface area contributed by atoms with Gasteiger partial charge in [-0.05, 0) is 13.8 Å². The van der Waals surface area contributed by atoms with E-state index in [4.69, 9.17) is 0 Å². The van der Waals surface area contributed by atoms with Crippen LogP contribution in [0, 0.1) is 6.92 Å². The Morgan fingerprint density at radius 3 is 2.85 bits per heavy atom. The van der Waals surface area contributed by atoms with Crippen LogP contribution in [0.2, 0.25) is 0 Å². The number of rotatable bonds is 4. The van der Waals surface area contributed by atoms with Crippen molar-refractivity contribution in [3.63, 3.8) is 0 Å². The fraction of sp³-hybridized carbons (Fsp3) is 0.500. The Morgan fingerprint density at radius 2 is 2.38 bits per heavy atom. The number of imidazole rings is 1. The molecule has 0 saturated carbocycles. The predicted octanol–water partition coefficient (Wildman–Crippen LogP) is -0.0521. The summed E-state index contributed by atoms with van der Waals surface area (Å²) in [4.78, 5) is 12.9. The smallest absolute Gasteiger partial charge is 0.279 e. The molecule has 0 aromatic carbocycles. The van der Waals surface area contributed by atoms with Gasteiger partial charge in [0, 0.05) is 0 Å². The predicted molar refractivity (Wildman–Crippen MR) is 45.3 cm³/mol. The van der Waals surface area contributed by atoms with Crippen LogP contribution in [0.25, 0.3) is 0 Å². The minimum absolute atomic E-state index is 0.00144. The van der Waals surface area contributed by atoms with Gasteiger partial charge < -0.3 is 4.98 Å². The molecule has 0 atom stereocenters. The minimum atomic E-state index is -3.59. The Kier molecular flexibility index (Phi) is 3.02. The van der Waals surface area contributed by atoms with E-state index in [0.29, 0.717) is 5.82 Å². The normalized spacial score (nSPS) is 11.8. The summed E-state index contributed by atoms with van der Waals surface area (Å²) in [6.07, 6.45) is 1.23. The van der Waals surface area contributed by atoms with Gasteiger partial charge in [-0.3, -0.25) is 4.84 Å². The van der Waals surface area contributed by atoms with Gasteiger partial charge in [-0.2, -0.15) is 0 Å². The van der Waals surface area contributed by atoms with Gasteiger partial charge in [0.15, 0.2) is 5.03 Å². The summed E-state index contributed by atoms with van der Waals surface area (Å²) in [6.45, 7) is 3.62. The van der Waals surface area contributed by atoms with Crippen molar-refractivity contribution in [2.45, 2.75) is 18.9 Å². The number of nitrogens with zero attached hydrogens (tertiary/aromatic N) is 1. The molecule has 0 aliphatic carbocycles. The molecular weight excluding hydrogens is 194 g/mol. The van der Waals surface area contributed by atoms with Crippen LogP contribution in [0.3, 0.4) is 0 Å². The van der Waals surface area contributed by atoms with Crippen LogP contribution in [0.15, 0.2) is 11.2 Å². The lowest BCUT2D eigenvalue weighted by Crippen LogP contribution is -2.24. The van der Waals surface area contributed by atoms with E-state index in [1.807, 2.05) is 4.89 Å². The first-order valence-corrected chi connectivity index (χ1v) is 5.20. The molecule has 0 amide bonds. The summed E-state index contributed by atoms with van der Waals surface area (Å²) in [5.74, 6) is 0.539. The monoisotopic (exact) mass is 205 g/mol. The van der Waals surface area contributed by atoms with E-state index in [1.54, 1.807) is 13.8 Å². The van der Waals surface area contributed by atoms with E-state index in [2.05, 4.69) is 14.8 Å². The Morgan fingerprint density at radius 1 is 1.69 bits per heavy atom. The number of hydrogen-bond donors (Lipinski definition) is 2. The highest BCUT2D eigenvalue weighted by atomic mass is 32.2. The third-order valence-electron chi connectivity index (χ3n) is 1.28. The molecule has 6 nitrogen and oxygen atoms in total. The minimum Gasteiger partial charge on any atom is -0.332 e. The van der Waals surface area contributed by atoms with Crippen LogP contribution >= 0.6 is 0 Å². The summed E-state index contributed by atoms with van der Waals surface area (Å²) in [6, 6.07) is 0. The van der Waals surface area contributed by atoms with Crippen LogP contribution < -0.4 is 4.89 Å². The molecule has 13 heavy (non-hydrogen) atoms. The summed E-state index contributed by atoms with van der Waals surface area (Å²) < 4.78 is 22.6. The first-order chi connectivity index (χ1) is 6.06. The van der Waals surface area contributed by atoms with E-state index in [1.165, 1.54) is 6.20 Å². The van der Waals surface area contributed by atoms with Crippen molar-refractivity contribution in [2.75, 3.05) is 6.61 Å². The average Bonchev–Trinajstić information content (AvgIpc) is 2.49. The number of hydrogen-bond acceptors (Lipinski definition) is 4. The molecular formula is C6H11N3O3S. The van der Waals surface area contributed by atoms with Crippen molar-refractivity contribution in [1.82, 2.24) is 14.9 Å². The van der Waals surface area contributed by atoms with Gasteiger partial charge in [0.2, 0.25) is 0 Å². The first kappa shape index (κ1) is 10.2. The molecule has 0 spiro atoms. The Labute approximate surface area is 76.3 Å². The fourth-order valence-corrected chi connectivity index (χ4v) is 1.55. The van der Waals surface area contributed by atoms with E-state index in [0.717, 1.165) is 0 Å². The Hall–Kier alpha value is -0.920. The van der Waals surface area contributed by atoms with E-state index < -0.39 is 10.0 Å². The number of aromatic nitrogens is 2.